The van der Waals surface area contributed by atoms with Crippen molar-refractivity contribution in [1.29, 1.82) is 0 Å². The van der Waals surface area contributed by atoms with Crippen LogP contribution >= 0.6 is 11.6 Å². The predicted molar refractivity (Wildman–Crippen MR) is 75.0 cm³/mol. The summed E-state index contributed by atoms with van der Waals surface area (Å²) in [5.74, 6) is 0.720. The number of Topliss-reactive ketones (excluding diaryl/α,β-unsaturated/α-hetero) is 1. The fourth-order valence-electron chi connectivity index (χ4n) is 1.82. The summed E-state index contributed by atoms with van der Waals surface area (Å²) >= 11 is 6.00. The Balaban J connectivity index is 2.23. The summed E-state index contributed by atoms with van der Waals surface area (Å²) in [5, 5.41) is 0.509. The molecule has 0 saturated carbocycles. The summed E-state index contributed by atoms with van der Waals surface area (Å²) in [4.78, 5) is 16.1. The molecule has 1 heterocycles. The van der Waals surface area contributed by atoms with Crippen LogP contribution < -0.4 is 4.74 Å². The van der Waals surface area contributed by atoms with Gasteiger partial charge in [-0.2, -0.15) is 0 Å². The summed E-state index contributed by atoms with van der Waals surface area (Å²) in [7, 11) is 1.59. The number of halogens is 1. The number of nitrogens with zero attached hydrogens (tertiary/aromatic N) is 1. The van der Waals surface area contributed by atoms with E-state index in [1.165, 1.54) is 0 Å². The number of carbonyl (C=O) groups excluding carboxylic acids is 1. The Morgan fingerprint density at radius 1 is 1.37 bits per heavy atom. The third-order valence-corrected chi connectivity index (χ3v) is 3.28. The van der Waals surface area contributed by atoms with E-state index >= 15 is 0 Å². The Bertz CT molecular complexity index is 611. The van der Waals surface area contributed by atoms with Crippen molar-refractivity contribution in [2.75, 3.05) is 7.11 Å². The maximum absolute atomic E-state index is 12.2. The van der Waals surface area contributed by atoms with E-state index in [1.807, 2.05) is 13.0 Å². The van der Waals surface area contributed by atoms with Crippen LogP contribution in [0, 0.1) is 6.92 Å². The lowest BCUT2D eigenvalue weighted by molar-refractivity contribution is 0.0992. The van der Waals surface area contributed by atoms with Gasteiger partial charge in [0.15, 0.2) is 5.78 Å². The highest BCUT2D eigenvalue weighted by Crippen LogP contribution is 2.21. The van der Waals surface area contributed by atoms with E-state index in [-0.39, 0.29) is 12.2 Å². The van der Waals surface area contributed by atoms with Crippen LogP contribution in [0.4, 0.5) is 0 Å². The summed E-state index contributed by atoms with van der Waals surface area (Å²) in [6.07, 6.45) is 3.43. The maximum Gasteiger partial charge on any atom is 0.167 e. The van der Waals surface area contributed by atoms with E-state index in [9.17, 15) is 4.79 Å². The van der Waals surface area contributed by atoms with Gasteiger partial charge in [0.25, 0.3) is 0 Å². The zero-order chi connectivity index (χ0) is 13.8. The third kappa shape index (κ3) is 3.12. The molecule has 0 atom stereocenters. The molecule has 2 aromatic rings. The number of hydrogen-bond donors (Lipinski definition) is 0. The van der Waals surface area contributed by atoms with Crippen molar-refractivity contribution >= 4 is 17.4 Å². The van der Waals surface area contributed by atoms with Gasteiger partial charge in [-0.15, -0.1) is 0 Å². The normalized spacial score (nSPS) is 10.3. The van der Waals surface area contributed by atoms with Gasteiger partial charge in [-0.3, -0.25) is 9.78 Å². The molecule has 4 heteroatoms. The average molecular weight is 276 g/mol. The van der Waals surface area contributed by atoms with E-state index in [2.05, 4.69) is 4.98 Å². The average Bonchev–Trinajstić information content (AvgIpc) is 2.42. The summed E-state index contributed by atoms with van der Waals surface area (Å²) in [5.41, 5.74) is 2.40. The largest absolute Gasteiger partial charge is 0.496 e. The number of hydrogen-bond acceptors (Lipinski definition) is 3. The lowest BCUT2D eigenvalue weighted by Crippen LogP contribution is -2.05. The van der Waals surface area contributed by atoms with Gasteiger partial charge in [0.05, 0.1) is 12.1 Å². The molecule has 1 aromatic heterocycles. The molecule has 0 saturated heterocycles. The lowest BCUT2D eigenvalue weighted by atomic mass is 10.0. The Kier molecular flexibility index (Phi) is 4.17. The molecular weight excluding hydrogens is 262 g/mol. The highest BCUT2D eigenvalue weighted by atomic mass is 35.5. The Morgan fingerprint density at radius 3 is 2.84 bits per heavy atom. The second kappa shape index (κ2) is 5.85. The lowest BCUT2D eigenvalue weighted by Gasteiger charge is -2.07. The number of aryl methyl sites for hydroxylation is 1. The maximum atomic E-state index is 12.2. The van der Waals surface area contributed by atoms with E-state index in [1.54, 1.807) is 37.7 Å². The molecule has 3 nitrogen and oxygen atoms in total. The van der Waals surface area contributed by atoms with E-state index in [0.29, 0.717) is 16.3 Å². The Labute approximate surface area is 117 Å². The van der Waals surface area contributed by atoms with Crippen molar-refractivity contribution in [3.8, 4) is 5.75 Å². The first kappa shape index (κ1) is 13.6. The summed E-state index contributed by atoms with van der Waals surface area (Å²) in [6.45, 7) is 1.94. The van der Waals surface area contributed by atoms with Gasteiger partial charge in [0.1, 0.15) is 5.75 Å². The number of carbonyl (C=O) groups is 1. The summed E-state index contributed by atoms with van der Waals surface area (Å²) in [6, 6.07) is 7.19. The Hall–Kier alpha value is -1.87. The Morgan fingerprint density at radius 2 is 2.16 bits per heavy atom. The number of rotatable bonds is 4. The van der Waals surface area contributed by atoms with Gasteiger partial charge in [-0.25, -0.2) is 0 Å². The van der Waals surface area contributed by atoms with Gasteiger partial charge >= 0.3 is 0 Å². The third-order valence-electron chi connectivity index (χ3n) is 2.94. The van der Waals surface area contributed by atoms with Crippen LogP contribution in [0.5, 0.6) is 5.75 Å². The van der Waals surface area contributed by atoms with Gasteiger partial charge in [0, 0.05) is 24.4 Å². The fraction of sp³-hybridized carbons (Fsp3) is 0.200. The number of aromatic nitrogens is 1. The quantitative estimate of drug-likeness (QED) is 0.802. The van der Waals surface area contributed by atoms with Crippen LogP contribution in [-0.4, -0.2) is 17.9 Å². The van der Waals surface area contributed by atoms with Gasteiger partial charge in [0.2, 0.25) is 0 Å². The minimum atomic E-state index is 0.00593. The number of pyridine rings is 1. The van der Waals surface area contributed by atoms with Crippen molar-refractivity contribution in [3.05, 3.63) is 58.4 Å². The smallest absolute Gasteiger partial charge is 0.167 e. The molecule has 0 fully saturated rings. The van der Waals surface area contributed by atoms with Crippen molar-refractivity contribution < 1.29 is 9.53 Å². The van der Waals surface area contributed by atoms with Gasteiger partial charge in [-0.05, 0) is 30.2 Å². The first-order chi connectivity index (χ1) is 9.11. The molecule has 0 spiro atoms. The molecule has 0 radical (unpaired) electrons. The molecule has 98 valence electrons. The fourth-order valence-corrected chi connectivity index (χ4v) is 2.00. The number of benzene rings is 1. The first-order valence-corrected chi connectivity index (χ1v) is 6.26. The molecular formula is C15H14ClNO2. The van der Waals surface area contributed by atoms with Crippen molar-refractivity contribution in [1.82, 2.24) is 4.98 Å². The van der Waals surface area contributed by atoms with Crippen molar-refractivity contribution in [2.45, 2.75) is 13.3 Å². The van der Waals surface area contributed by atoms with Crippen LogP contribution in [0.2, 0.25) is 5.02 Å². The molecule has 0 aliphatic heterocycles. The number of ether oxygens (including phenoxy) is 1. The molecule has 0 bridgehead atoms. The molecule has 0 amide bonds. The number of ketones is 1. The standard InChI is InChI=1S/C15H14ClNO2/c1-10-3-4-12(8-15(10)19-2)14(18)7-11-5-6-17-9-13(11)16/h3-6,8-9H,7H2,1-2H3. The highest BCUT2D eigenvalue weighted by molar-refractivity contribution is 6.31. The second-order valence-corrected chi connectivity index (χ2v) is 4.66. The molecule has 0 aliphatic carbocycles. The van der Waals surface area contributed by atoms with Crippen molar-refractivity contribution in [3.63, 3.8) is 0 Å². The van der Waals surface area contributed by atoms with Crippen LogP contribution in [0.1, 0.15) is 21.5 Å². The van der Waals surface area contributed by atoms with Crippen LogP contribution in [0.3, 0.4) is 0 Å². The van der Waals surface area contributed by atoms with Gasteiger partial charge < -0.3 is 4.74 Å². The second-order valence-electron chi connectivity index (χ2n) is 4.25. The topological polar surface area (TPSA) is 39.2 Å². The zero-order valence-electron chi connectivity index (χ0n) is 10.8. The molecule has 1 aromatic carbocycles. The first-order valence-electron chi connectivity index (χ1n) is 5.88. The van der Waals surface area contributed by atoms with Crippen LogP contribution in [-0.2, 0) is 6.42 Å². The molecule has 2 rings (SSSR count). The minimum Gasteiger partial charge on any atom is -0.496 e. The SMILES string of the molecule is COc1cc(C(=O)Cc2ccncc2Cl)ccc1C. The monoisotopic (exact) mass is 275 g/mol. The number of methoxy groups -OCH3 is 1. The summed E-state index contributed by atoms with van der Waals surface area (Å²) < 4.78 is 5.22. The van der Waals surface area contributed by atoms with Crippen LogP contribution in [0.25, 0.3) is 0 Å². The molecule has 0 aliphatic rings. The highest BCUT2D eigenvalue weighted by Gasteiger charge is 2.11. The van der Waals surface area contributed by atoms with Gasteiger partial charge in [-0.1, -0.05) is 23.7 Å². The van der Waals surface area contributed by atoms with E-state index < -0.39 is 0 Å². The van der Waals surface area contributed by atoms with E-state index in [4.69, 9.17) is 16.3 Å². The minimum absolute atomic E-state index is 0.00593. The zero-order valence-corrected chi connectivity index (χ0v) is 11.6. The predicted octanol–water partition coefficient (Wildman–Crippen LogP) is 3.48. The molecule has 19 heavy (non-hydrogen) atoms. The van der Waals surface area contributed by atoms with Crippen LogP contribution in [0.15, 0.2) is 36.7 Å². The van der Waals surface area contributed by atoms with Crippen molar-refractivity contribution in [2.24, 2.45) is 0 Å². The molecule has 0 unspecified atom stereocenters. The van der Waals surface area contributed by atoms with E-state index in [0.717, 1.165) is 11.1 Å². The molecule has 0 N–H and O–H groups in total.